The van der Waals surface area contributed by atoms with Gasteiger partial charge in [-0.2, -0.15) is 0 Å². The van der Waals surface area contributed by atoms with E-state index in [4.69, 9.17) is 0 Å². The Morgan fingerprint density at radius 3 is 2.89 bits per heavy atom. The minimum Gasteiger partial charge on any atom is -0.319 e. The zero-order valence-corrected chi connectivity index (χ0v) is 11.6. The van der Waals surface area contributed by atoms with Crippen LogP contribution in [0.3, 0.4) is 0 Å². The molecule has 102 valence electrons. The second-order valence-electron chi connectivity index (χ2n) is 5.62. The molecule has 3 rings (SSSR count). The van der Waals surface area contributed by atoms with Crippen LogP contribution in [-0.2, 0) is 0 Å². The number of hydrogen-bond acceptors (Lipinski definition) is 2. The maximum Gasteiger partial charge on any atom is 0.320 e. The van der Waals surface area contributed by atoms with Crippen molar-refractivity contribution in [3.05, 3.63) is 35.4 Å². The van der Waals surface area contributed by atoms with Gasteiger partial charge in [0.05, 0.1) is 6.04 Å². The van der Waals surface area contributed by atoms with Gasteiger partial charge in [0.25, 0.3) is 0 Å². The third-order valence-corrected chi connectivity index (χ3v) is 4.29. The number of hydrogen-bond donors (Lipinski definition) is 1. The number of benzene rings is 1. The zero-order chi connectivity index (χ0) is 13.4. The highest BCUT2D eigenvalue weighted by Gasteiger charge is 2.39. The van der Waals surface area contributed by atoms with Gasteiger partial charge in [-0.1, -0.05) is 29.8 Å². The van der Waals surface area contributed by atoms with Gasteiger partial charge in [0.2, 0.25) is 0 Å². The highest BCUT2D eigenvalue weighted by Crippen LogP contribution is 2.30. The quantitative estimate of drug-likeness (QED) is 0.878. The van der Waals surface area contributed by atoms with Crippen molar-refractivity contribution in [1.82, 2.24) is 15.1 Å². The first kappa shape index (κ1) is 12.5. The number of nitrogens with one attached hydrogen (secondary N) is 1. The zero-order valence-electron chi connectivity index (χ0n) is 11.6. The summed E-state index contributed by atoms with van der Waals surface area (Å²) in [7, 11) is 1.91. The maximum atomic E-state index is 12.4. The van der Waals surface area contributed by atoms with E-state index in [1.807, 2.05) is 16.8 Å². The average Bonchev–Trinajstić information content (AvgIpc) is 3.00. The Labute approximate surface area is 114 Å². The largest absolute Gasteiger partial charge is 0.320 e. The predicted octanol–water partition coefficient (Wildman–Crippen LogP) is 1.77. The number of amides is 2. The Morgan fingerprint density at radius 1 is 1.37 bits per heavy atom. The first-order valence-corrected chi connectivity index (χ1v) is 6.97. The summed E-state index contributed by atoms with van der Waals surface area (Å²) in [5.41, 5.74) is 2.49. The van der Waals surface area contributed by atoms with E-state index in [0.29, 0.717) is 6.04 Å². The fourth-order valence-electron chi connectivity index (χ4n) is 3.14. The molecule has 0 aromatic heterocycles. The molecule has 0 radical (unpaired) electrons. The molecule has 0 aliphatic carbocycles. The SMILES string of the molecule is Cc1cccc(C2CN(C3CCNC3)C(=O)N2C)c1. The summed E-state index contributed by atoms with van der Waals surface area (Å²) in [6.45, 7) is 4.86. The van der Waals surface area contributed by atoms with Crippen LogP contribution in [0.15, 0.2) is 24.3 Å². The molecular weight excluding hydrogens is 238 g/mol. The maximum absolute atomic E-state index is 12.4. The van der Waals surface area contributed by atoms with Gasteiger partial charge in [-0.15, -0.1) is 0 Å². The van der Waals surface area contributed by atoms with E-state index < -0.39 is 0 Å². The molecule has 2 aliphatic rings. The standard InChI is InChI=1S/C15H21N3O/c1-11-4-3-5-12(8-11)14-10-18(15(19)17(14)2)13-6-7-16-9-13/h3-5,8,13-14,16H,6-7,9-10H2,1-2H3. The van der Waals surface area contributed by atoms with Gasteiger partial charge >= 0.3 is 6.03 Å². The lowest BCUT2D eigenvalue weighted by Gasteiger charge is -2.22. The molecule has 1 aromatic carbocycles. The van der Waals surface area contributed by atoms with Gasteiger partial charge in [-0.05, 0) is 25.5 Å². The molecule has 0 saturated carbocycles. The van der Waals surface area contributed by atoms with Crippen molar-refractivity contribution in [2.45, 2.75) is 25.4 Å². The fraction of sp³-hybridized carbons (Fsp3) is 0.533. The number of rotatable bonds is 2. The van der Waals surface area contributed by atoms with E-state index in [0.717, 1.165) is 26.1 Å². The van der Waals surface area contributed by atoms with Crippen LogP contribution in [0.2, 0.25) is 0 Å². The molecule has 2 saturated heterocycles. The van der Waals surface area contributed by atoms with Gasteiger partial charge in [0.15, 0.2) is 0 Å². The van der Waals surface area contributed by atoms with Crippen molar-refractivity contribution in [2.24, 2.45) is 0 Å². The van der Waals surface area contributed by atoms with Crippen molar-refractivity contribution in [3.8, 4) is 0 Å². The van der Waals surface area contributed by atoms with Crippen molar-refractivity contribution in [1.29, 1.82) is 0 Å². The fourth-order valence-corrected chi connectivity index (χ4v) is 3.14. The Morgan fingerprint density at radius 2 is 2.21 bits per heavy atom. The Bertz CT molecular complexity index is 482. The highest BCUT2D eigenvalue weighted by molar-refractivity contribution is 5.77. The second-order valence-corrected chi connectivity index (χ2v) is 5.62. The summed E-state index contributed by atoms with van der Waals surface area (Å²) in [4.78, 5) is 16.3. The number of nitrogens with zero attached hydrogens (tertiary/aromatic N) is 2. The monoisotopic (exact) mass is 259 g/mol. The van der Waals surface area contributed by atoms with Crippen LogP contribution < -0.4 is 5.32 Å². The highest BCUT2D eigenvalue weighted by atomic mass is 16.2. The summed E-state index contributed by atoms with van der Waals surface area (Å²) in [6, 6.07) is 9.20. The number of carbonyl (C=O) groups is 1. The van der Waals surface area contributed by atoms with Crippen LogP contribution in [0, 0.1) is 6.92 Å². The molecule has 4 nitrogen and oxygen atoms in total. The lowest BCUT2D eigenvalue weighted by atomic mass is 10.0. The Balaban J connectivity index is 1.82. The van der Waals surface area contributed by atoms with E-state index in [1.54, 1.807) is 0 Å². The third-order valence-electron chi connectivity index (χ3n) is 4.29. The number of likely N-dealkylation sites (N-methyl/N-ethyl adjacent to an activating group) is 1. The minimum absolute atomic E-state index is 0.167. The van der Waals surface area contributed by atoms with Gasteiger partial charge in [-0.3, -0.25) is 0 Å². The summed E-state index contributed by atoms with van der Waals surface area (Å²) in [6.07, 6.45) is 1.07. The van der Waals surface area contributed by atoms with E-state index in [2.05, 4.69) is 36.5 Å². The predicted molar refractivity (Wildman–Crippen MR) is 75.1 cm³/mol. The molecule has 0 bridgehead atoms. The molecular formula is C15H21N3O. The van der Waals surface area contributed by atoms with Crippen LogP contribution in [0.5, 0.6) is 0 Å². The Kier molecular flexibility index (Phi) is 3.19. The third kappa shape index (κ3) is 2.21. The summed E-state index contributed by atoms with van der Waals surface area (Å²) >= 11 is 0. The van der Waals surface area contributed by atoms with E-state index in [1.165, 1.54) is 11.1 Å². The molecule has 2 fully saturated rings. The van der Waals surface area contributed by atoms with Crippen molar-refractivity contribution >= 4 is 6.03 Å². The smallest absolute Gasteiger partial charge is 0.319 e. The molecule has 0 spiro atoms. The minimum atomic E-state index is 0.167. The molecule has 2 heterocycles. The summed E-state index contributed by atoms with van der Waals surface area (Å²) in [5, 5.41) is 3.34. The molecule has 19 heavy (non-hydrogen) atoms. The average molecular weight is 259 g/mol. The molecule has 2 unspecified atom stereocenters. The van der Waals surface area contributed by atoms with Crippen LogP contribution >= 0.6 is 0 Å². The van der Waals surface area contributed by atoms with E-state index in [9.17, 15) is 4.79 Å². The number of carbonyl (C=O) groups excluding carboxylic acids is 1. The van der Waals surface area contributed by atoms with Crippen molar-refractivity contribution < 1.29 is 4.79 Å². The van der Waals surface area contributed by atoms with Crippen molar-refractivity contribution in [3.63, 3.8) is 0 Å². The summed E-state index contributed by atoms with van der Waals surface area (Å²) in [5.74, 6) is 0. The lowest BCUT2D eigenvalue weighted by molar-refractivity contribution is 0.184. The summed E-state index contributed by atoms with van der Waals surface area (Å²) < 4.78 is 0. The van der Waals surface area contributed by atoms with Crippen molar-refractivity contribution in [2.75, 3.05) is 26.7 Å². The van der Waals surface area contributed by atoms with Crippen LogP contribution in [-0.4, -0.2) is 48.6 Å². The van der Waals surface area contributed by atoms with Gasteiger partial charge < -0.3 is 15.1 Å². The van der Waals surface area contributed by atoms with Gasteiger partial charge in [-0.25, -0.2) is 4.79 Å². The molecule has 4 heteroatoms. The number of urea groups is 1. The van der Waals surface area contributed by atoms with E-state index in [-0.39, 0.29) is 12.1 Å². The molecule has 1 aromatic rings. The molecule has 1 N–H and O–H groups in total. The van der Waals surface area contributed by atoms with Gasteiger partial charge in [0, 0.05) is 26.2 Å². The number of aryl methyl sites for hydroxylation is 1. The van der Waals surface area contributed by atoms with E-state index >= 15 is 0 Å². The molecule has 2 atom stereocenters. The Hall–Kier alpha value is -1.55. The van der Waals surface area contributed by atoms with Crippen LogP contribution in [0.4, 0.5) is 4.79 Å². The topological polar surface area (TPSA) is 35.6 Å². The van der Waals surface area contributed by atoms with Crippen LogP contribution in [0.1, 0.15) is 23.6 Å². The lowest BCUT2D eigenvalue weighted by Crippen LogP contribution is -2.39. The first-order chi connectivity index (χ1) is 9.16. The molecule has 2 amide bonds. The normalized spacial score (nSPS) is 27.4. The second kappa shape index (κ2) is 4.85. The van der Waals surface area contributed by atoms with Crippen LogP contribution in [0.25, 0.3) is 0 Å². The first-order valence-electron chi connectivity index (χ1n) is 6.97. The molecule has 2 aliphatic heterocycles. The van der Waals surface area contributed by atoms with Gasteiger partial charge in [0.1, 0.15) is 0 Å².